The first kappa shape index (κ1) is 12.8. The Kier molecular flexibility index (Phi) is 3.76. The molecule has 0 aliphatic rings. The van der Waals surface area contributed by atoms with E-state index in [0.29, 0.717) is 5.69 Å². The molecule has 1 N–H and O–H groups in total. The highest BCUT2D eigenvalue weighted by Crippen LogP contribution is 2.17. The van der Waals surface area contributed by atoms with Gasteiger partial charge in [0, 0.05) is 12.4 Å². The number of aryl methyl sites for hydroxylation is 1. The maximum atomic E-state index is 12.0. The van der Waals surface area contributed by atoms with Gasteiger partial charge in [-0.15, -0.1) is 0 Å². The number of halogens is 1. The van der Waals surface area contributed by atoms with Crippen molar-refractivity contribution in [2.45, 2.75) is 19.9 Å². The van der Waals surface area contributed by atoms with E-state index in [9.17, 15) is 4.79 Å². The molecule has 0 spiro atoms. The number of amides is 1. The van der Waals surface area contributed by atoms with Gasteiger partial charge in [-0.3, -0.25) is 9.48 Å². The number of nitrogens with one attached hydrogen (secondary N) is 1. The molecule has 1 atom stereocenters. The molecule has 0 fully saturated rings. The lowest BCUT2D eigenvalue weighted by Gasteiger charge is -2.12. The first-order chi connectivity index (χ1) is 8.58. The molecule has 0 saturated carbocycles. The summed E-state index contributed by atoms with van der Waals surface area (Å²) in [6.07, 6.45) is 5.02. The lowest BCUT2D eigenvalue weighted by atomic mass is 10.2. The fourth-order valence-corrected chi connectivity index (χ4v) is 1.72. The summed E-state index contributed by atoms with van der Waals surface area (Å²) >= 11 is 3.32. The van der Waals surface area contributed by atoms with Gasteiger partial charge in [0.05, 0.1) is 11.9 Å². The fraction of sp³-hybridized carbons (Fsp3) is 0.250. The number of hydrogen-bond acceptors (Lipinski definition) is 3. The van der Waals surface area contributed by atoms with E-state index in [-0.39, 0.29) is 11.9 Å². The summed E-state index contributed by atoms with van der Waals surface area (Å²) in [6, 6.07) is 3.30. The minimum Gasteiger partial charge on any atom is -0.323 e. The minimum absolute atomic E-state index is 0.123. The van der Waals surface area contributed by atoms with E-state index >= 15 is 0 Å². The average molecular weight is 309 g/mol. The summed E-state index contributed by atoms with van der Waals surface area (Å²) in [5, 5.41) is 6.86. The fourth-order valence-electron chi connectivity index (χ4n) is 1.50. The van der Waals surface area contributed by atoms with Crippen LogP contribution in [0.5, 0.6) is 0 Å². The van der Waals surface area contributed by atoms with E-state index in [1.54, 1.807) is 36.3 Å². The Labute approximate surface area is 113 Å². The number of hydrogen-bond donors (Lipinski definition) is 1. The summed E-state index contributed by atoms with van der Waals surface area (Å²) in [4.78, 5) is 16.1. The molecule has 0 aromatic carbocycles. The molecule has 2 aromatic heterocycles. The molecule has 1 amide bonds. The summed E-state index contributed by atoms with van der Waals surface area (Å²) in [6.45, 7) is 3.71. The number of aromatic nitrogens is 3. The highest BCUT2D eigenvalue weighted by Gasteiger charge is 2.15. The van der Waals surface area contributed by atoms with Gasteiger partial charge in [-0.25, -0.2) is 4.98 Å². The van der Waals surface area contributed by atoms with Crippen LogP contribution in [0.1, 0.15) is 18.5 Å². The number of carbonyl (C=O) groups excluding carboxylic acids is 1. The Balaban J connectivity index is 2.09. The van der Waals surface area contributed by atoms with E-state index in [1.807, 2.05) is 13.0 Å². The zero-order valence-corrected chi connectivity index (χ0v) is 11.7. The van der Waals surface area contributed by atoms with Crippen LogP contribution in [-0.4, -0.2) is 20.7 Å². The number of carbonyl (C=O) groups is 1. The van der Waals surface area contributed by atoms with Crippen LogP contribution in [0.3, 0.4) is 0 Å². The van der Waals surface area contributed by atoms with Gasteiger partial charge in [0.2, 0.25) is 5.91 Å². The van der Waals surface area contributed by atoms with Crippen molar-refractivity contribution < 1.29 is 4.79 Å². The molecule has 2 aromatic rings. The monoisotopic (exact) mass is 308 g/mol. The van der Waals surface area contributed by atoms with Crippen molar-refractivity contribution >= 4 is 27.5 Å². The van der Waals surface area contributed by atoms with E-state index in [1.165, 1.54) is 0 Å². The van der Waals surface area contributed by atoms with Crippen LogP contribution in [0.15, 0.2) is 35.3 Å². The van der Waals surface area contributed by atoms with Gasteiger partial charge in [-0.2, -0.15) is 5.10 Å². The first-order valence-corrected chi connectivity index (χ1v) is 6.29. The normalized spacial score (nSPS) is 12.2. The third-order valence-corrected chi connectivity index (χ3v) is 3.41. The lowest BCUT2D eigenvalue weighted by Crippen LogP contribution is -2.24. The number of anilines is 1. The smallest absolute Gasteiger partial charge is 0.248 e. The Bertz CT molecular complexity index is 553. The lowest BCUT2D eigenvalue weighted by molar-refractivity contribution is -0.119. The molecular weight excluding hydrogens is 296 g/mol. The van der Waals surface area contributed by atoms with Crippen molar-refractivity contribution in [3.05, 3.63) is 40.9 Å². The minimum atomic E-state index is -0.357. The zero-order chi connectivity index (χ0) is 13.1. The van der Waals surface area contributed by atoms with Crippen molar-refractivity contribution in [1.82, 2.24) is 14.8 Å². The van der Waals surface area contributed by atoms with Crippen LogP contribution in [0.2, 0.25) is 0 Å². The van der Waals surface area contributed by atoms with Gasteiger partial charge in [0.25, 0.3) is 0 Å². The standard InChI is InChI=1S/C12H13BrN4O/c1-8-6-10(7-14-11(8)13)16-12(18)9(2)17-5-3-4-15-17/h3-7,9H,1-2H3,(H,16,18). The van der Waals surface area contributed by atoms with E-state index in [2.05, 4.69) is 31.3 Å². The molecule has 2 rings (SSSR count). The van der Waals surface area contributed by atoms with E-state index in [0.717, 1.165) is 10.2 Å². The largest absolute Gasteiger partial charge is 0.323 e. The second kappa shape index (κ2) is 5.30. The van der Waals surface area contributed by atoms with Gasteiger partial charge in [-0.1, -0.05) is 0 Å². The molecule has 94 valence electrons. The zero-order valence-electron chi connectivity index (χ0n) is 10.1. The van der Waals surface area contributed by atoms with Crippen molar-refractivity contribution in [3.63, 3.8) is 0 Å². The molecule has 6 heteroatoms. The molecule has 5 nitrogen and oxygen atoms in total. The predicted octanol–water partition coefficient (Wildman–Crippen LogP) is 2.55. The van der Waals surface area contributed by atoms with Crippen molar-refractivity contribution in [1.29, 1.82) is 0 Å². The third-order valence-electron chi connectivity index (χ3n) is 2.58. The topological polar surface area (TPSA) is 59.8 Å². The van der Waals surface area contributed by atoms with Gasteiger partial charge in [-0.05, 0) is 47.5 Å². The predicted molar refractivity (Wildman–Crippen MR) is 72.2 cm³/mol. The van der Waals surface area contributed by atoms with Gasteiger partial charge in [0.1, 0.15) is 10.6 Å². The second-order valence-electron chi connectivity index (χ2n) is 3.98. The van der Waals surface area contributed by atoms with Crippen molar-refractivity contribution in [3.8, 4) is 0 Å². The van der Waals surface area contributed by atoms with E-state index < -0.39 is 0 Å². The quantitative estimate of drug-likeness (QED) is 0.886. The maximum absolute atomic E-state index is 12.0. The Morgan fingerprint density at radius 3 is 2.94 bits per heavy atom. The van der Waals surface area contributed by atoms with Crippen LogP contribution >= 0.6 is 15.9 Å². The molecule has 0 radical (unpaired) electrons. The summed E-state index contributed by atoms with van der Waals surface area (Å²) in [7, 11) is 0. The Morgan fingerprint density at radius 1 is 1.56 bits per heavy atom. The van der Waals surface area contributed by atoms with Crippen molar-refractivity contribution in [2.24, 2.45) is 0 Å². The van der Waals surface area contributed by atoms with Crippen LogP contribution in [0.25, 0.3) is 0 Å². The molecule has 0 bridgehead atoms. The second-order valence-corrected chi connectivity index (χ2v) is 4.73. The third kappa shape index (κ3) is 2.76. The van der Waals surface area contributed by atoms with Gasteiger partial charge in [0.15, 0.2) is 0 Å². The number of pyridine rings is 1. The highest BCUT2D eigenvalue weighted by atomic mass is 79.9. The molecule has 2 heterocycles. The van der Waals surface area contributed by atoms with Crippen LogP contribution in [0, 0.1) is 6.92 Å². The summed E-state index contributed by atoms with van der Waals surface area (Å²) in [5.74, 6) is -0.123. The molecule has 1 unspecified atom stereocenters. The molecular formula is C12H13BrN4O. The molecule has 0 aliphatic carbocycles. The maximum Gasteiger partial charge on any atom is 0.248 e. The number of nitrogens with zero attached hydrogens (tertiary/aromatic N) is 3. The highest BCUT2D eigenvalue weighted by molar-refractivity contribution is 9.10. The van der Waals surface area contributed by atoms with E-state index in [4.69, 9.17) is 0 Å². The van der Waals surface area contributed by atoms with Gasteiger partial charge >= 0.3 is 0 Å². The van der Waals surface area contributed by atoms with Crippen LogP contribution < -0.4 is 5.32 Å². The average Bonchev–Trinajstić information content (AvgIpc) is 2.86. The van der Waals surface area contributed by atoms with Crippen LogP contribution in [0.4, 0.5) is 5.69 Å². The summed E-state index contributed by atoms with van der Waals surface area (Å²) in [5.41, 5.74) is 1.65. The van der Waals surface area contributed by atoms with Crippen molar-refractivity contribution in [2.75, 3.05) is 5.32 Å². The Morgan fingerprint density at radius 2 is 2.33 bits per heavy atom. The molecule has 0 aliphatic heterocycles. The Hall–Kier alpha value is -1.69. The SMILES string of the molecule is Cc1cc(NC(=O)C(C)n2cccn2)cnc1Br. The summed E-state index contributed by atoms with van der Waals surface area (Å²) < 4.78 is 2.38. The molecule has 0 saturated heterocycles. The number of rotatable bonds is 3. The first-order valence-electron chi connectivity index (χ1n) is 5.50. The molecule has 18 heavy (non-hydrogen) atoms. The van der Waals surface area contributed by atoms with Gasteiger partial charge < -0.3 is 5.32 Å². The van der Waals surface area contributed by atoms with Crippen LogP contribution in [-0.2, 0) is 4.79 Å².